The fourth-order valence-electron chi connectivity index (χ4n) is 2.34. The third-order valence-corrected chi connectivity index (χ3v) is 4.37. The largest absolute Gasteiger partial charge is 0.496 e. The van der Waals surface area contributed by atoms with Crippen molar-refractivity contribution in [2.24, 2.45) is 0 Å². The Balaban J connectivity index is 2.34. The zero-order chi connectivity index (χ0) is 14.5. The van der Waals surface area contributed by atoms with Crippen LogP contribution in [0.2, 0.25) is 0 Å². The van der Waals surface area contributed by atoms with Gasteiger partial charge in [0.25, 0.3) is 0 Å². The summed E-state index contributed by atoms with van der Waals surface area (Å²) in [6, 6.07) is 15.0. The van der Waals surface area contributed by atoms with Crippen LogP contribution in [0.3, 0.4) is 0 Å². The highest BCUT2D eigenvalue weighted by Crippen LogP contribution is 2.32. The summed E-state index contributed by atoms with van der Waals surface area (Å²) in [5.41, 5.74) is 3.67. The smallest absolute Gasteiger partial charge is 0.123 e. The molecule has 0 radical (unpaired) electrons. The van der Waals surface area contributed by atoms with Gasteiger partial charge in [-0.3, -0.25) is 0 Å². The second-order valence-corrected chi connectivity index (χ2v) is 5.73. The molecule has 0 aliphatic carbocycles. The number of methoxy groups -OCH3 is 1. The quantitative estimate of drug-likeness (QED) is 0.882. The lowest BCUT2D eigenvalue weighted by atomic mass is 9.97. The molecule has 0 bridgehead atoms. The van der Waals surface area contributed by atoms with Gasteiger partial charge in [0.05, 0.1) is 7.11 Å². The molecule has 0 spiro atoms. The predicted octanol–water partition coefficient (Wildman–Crippen LogP) is 4.27. The number of likely N-dealkylation sites (N-methyl/N-ethyl adjacent to an activating group) is 1. The third kappa shape index (κ3) is 3.41. The highest BCUT2D eigenvalue weighted by molar-refractivity contribution is 9.10. The molecule has 20 heavy (non-hydrogen) atoms. The zero-order valence-corrected chi connectivity index (χ0v) is 13.7. The molecule has 3 heteroatoms. The number of hydrogen-bond acceptors (Lipinski definition) is 2. The average Bonchev–Trinajstić information content (AvgIpc) is 2.48. The summed E-state index contributed by atoms with van der Waals surface area (Å²) < 4.78 is 6.65. The monoisotopic (exact) mass is 333 g/mol. The molecule has 1 N–H and O–H groups in total. The lowest BCUT2D eigenvalue weighted by Gasteiger charge is -2.20. The highest BCUT2D eigenvalue weighted by Gasteiger charge is 2.16. The molecule has 2 rings (SSSR count). The lowest BCUT2D eigenvalue weighted by Crippen LogP contribution is -2.19. The Bertz CT molecular complexity index is 569. The third-order valence-electron chi connectivity index (χ3n) is 3.52. The number of hydrogen-bond donors (Lipinski definition) is 1. The fourth-order valence-corrected chi connectivity index (χ4v) is 2.70. The molecule has 2 aromatic rings. The summed E-state index contributed by atoms with van der Waals surface area (Å²) in [5, 5.41) is 3.39. The van der Waals surface area contributed by atoms with E-state index in [1.165, 1.54) is 16.7 Å². The van der Waals surface area contributed by atoms with E-state index in [4.69, 9.17) is 4.74 Å². The number of ether oxygens (including phenoxy) is 1. The van der Waals surface area contributed by atoms with Crippen LogP contribution in [0.1, 0.15) is 22.7 Å². The van der Waals surface area contributed by atoms with Crippen LogP contribution < -0.4 is 10.1 Å². The number of benzene rings is 2. The molecule has 0 aliphatic heterocycles. The number of aryl methyl sites for hydroxylation is 1. The average molecular weight is 334 g/mol. The first-order chi connectivity index (χ1) is 9.65. The Morgan fingerprint density at radius 3 is 2.50 bits per heavy atom. The summed E-state index contributed by atoms with van der Waals surface area (Å²) in [6.45, 7) is 2.07. The summed E-state index contributed by atoms with van der Waals surface area (Å²) >= 11 is 3.61. The second kappa shape index (κ2) is 6.91. The molecule has 106 valence electrons. The molecule has 2 aromatic carbocycles. The van der Waals surface area contributed by atoms with Gasteiger partial charge in [-0.1, -0.05) is 46.3 Å². The Hall–Kier alpha value is -1.32. The first-order valence-electron chi connectivity index (χ1n) is 6.71. The van der Waals surface area contributed by atoms with E-state index in [-0.39, 0.29) is 6.04 Å². The van der Waals surface area contributed by atoms with Crippen molar-refractivity contribution in [2.75, 3.05) is 14.2 Å². The van der Waals surface area contributed by atoms with Crippen LogP contribution in [0.5, 0.6) is 5.75 Å². The van der Waals surface area contributed by atoms with Gasteiger partial charge < -0.3 is 10.1 Å². The molecule has 1 unspecified atom stereocenters. The van der Waals surface area contributed by atoms with Crippen molar-refractivity contribution < 1.29 is 4.74 Å². The van der Waals surface area contributed by atoms with Crippen LogP contribution in [-0.4, -0.2) is 14.2 Å². The van der Waals surface area contributed by atoms with Gasteiger partial charge in [0, 0.05) is 16.1 Å². The van der Waals surface area contributed by atoms with E-state index in [1.807, 2.05) is 13.1 Å². The van der Waals surface area contributed by atoms with E-state index in [0.29, 0.717) is 0 Å². The molecular weight excluding hydrogens is 314 g/mol. The van der Waals surface area contributed by atoms with Gasteiger partial charge in [0.1, 0.15) is 5.75 Å². The summed E-state index contributed by atoms with van der Waals surface area (Å²) in [6.07, 6.45) is 0.934. The maximum absolute atomic E-state index is 5.54. The maximum atomic E-state index is 5.54. The number of nitrogens with one attached hydrogen (secondary N) is 1. The van der Waals surface area contributed by atoms with E-state index in [9.17, 15) is 0 Å². The van der Waals surface area contributed by atoms with Crippen molar-refractivity contribution in [1.82, 2.24) is 5.32 Å². The minimum absolute atomic E-state index is 0.226. The van der Waals surface area contributed by atoms with Crippen LogP contribution >= 0.6 is 15.9 Å². The first kappa shape index (κ1) is 15.1. The van der Waals surface area contributed by atoms with Crippen LogP contribution in [0.4, 0.5) is 0 Å². The van der Waals surface area contributed by atoms with Crippen molar-refractivity contribution in [3.63, 3.8) is 0 Å². The minimum atomic E-state index is 0.226. The summed E-state index contributed by atoms with van der Waals surface area (Å²) in [5.74, 6) is 0.931. The zero-order valence-electron chi connectivity index (χ0n) is 12.1. The Labute approximate surface area is 129 Å². The molecule has 0 saturated carbocycles. The van der Waals surface area contributed by atoms with Crippen LogP contribution in [0.25, 0.3) is 0 Å². The van der Waals surface area contributed by atoms with E-state index in [2.05, 4.69) is 64.6 Å². The molecule has 0 amide bonds. The topological polar surface area (TPSA) is 21.3 Å². The number of rotatable bonds is 5. The van der Waals surface area contributed by atoms with Crippen LogP contribution in [0, 0.1) is 6.92 Å². The van der Waals surface area contributed by atoms with Gasteiger partial charge in [-0.15, -0.1) is 0 Å². The Kier molecular flexibility index (Phi) is 5.21. The maximum Gasteiger partial charge on any atom is 0.123 e. The Morgan fingerprint density at radius 1 is 1.20 bits per heavy atom. The molecule has 0 heterocycles. The van der Waals surface area contributed by atoms with Gasteiger partial charge in [0.2, 0.25) is 0 Å². The highest BCUT2D eigenvalue weighted by atomic mass is 79.9. The lowest BCUT2D eigenvalue weighted by molar-refractivity contribution is 0.400. The molecular formula is C17H20BrNO. The molecule has 0 saturated heterocycles. The number of halogens is 1. The van der Waals surface area contributed by atoms with Crippen molar-refractivity contribution in [3.05, 3.63) is 63.6 Å². The van der Waals surface area contributed by atoms with Crippen molar-refractivity contribution in [1.29, 1.82) is 0 Å². The van der Waals surface area contributed by atoms with Crippen LogP contribution in [0.15, 0.2) is 46.9 Å². The van der Waals surface area contributed by atoms with Gasteiger partial charge in [-0.25, -0.2) is 0 Å². The SMILES string of the molecule is CNC(Cc1ccccc1)c1cc(Br)c(C)cc1OC. The summed E-state index contributed by atoms with van der Waals surface area (Å²) in [4.78, 5) is 0. The van der Waals surface area contributed by atoms with Gasteiger partial charge in [0.15, 0.2) is 0 Å². The molecule has 1 atom stereocenters. The minimum Gasteiger partial charge on any atom is -0.496 e. The van der Waals surface area contributed by atoms with E-state index < -0.39 is 0 Å². The van der Waals surface area contributed by atoms with E-state index >= 15 is 0 Å². The van der Waals surface area contributed by atoms with Crippen molar-refractivity contribution in [2.45, 2.75) is 19.4 Å². The van der Waals surface area contributed by atoms with Gasteiger partial charge in [-0.05, 0) is 43.7 Å². The predicted molar refractivity (Wildman–Crippen MR) is 87.4 cm³/mol. The summed E-state index contributed by atoms with van der Waals surface area (Å²) in [7, 11) is 3.71. The standard InChI is InChI=1S/C17H20BrNO/c1-12-9-17(20-3)14(11-15(12)18)16(19-2)10-13-7-5-4-6-8-13/h4-9,11,16,19H,10H2,1-3H3. The van der Waals surface area contributed by atoms with Gasteiger partial charge in [-0.2, -0.15) is 0 Å². The molecule has 2 nitrogen and oxygen atoms in total. The van der Waals surface area contributed by atoms with Crippen LogP contribution in [-0.2, 0) is 6.42 Å². The van der Waals surface area contributed by atoms with E-state index in [0.717, 1.165) is 16.6 Å². The Morgan fingerprint density at radius 2 is 1.90 bits per heavy atom. The van der Waals surface area contributed by atoms with E-state index in [1.54, 1.807) is 7.11 Å². The normalized spacial score (nSPS) is 12.2. The first-order valence-corrected chi connectivity index (χ1v) is 7.50. The van der Waals surface area contributed by atoms with Gasteiger partial charge >= 0.3 is 0 Å². The molecule has 0 aromatic heterocycles. The molecule has 0 fully saturated rings. The van der Waals surface area contributed by atoms with Crippen molar-refractivity contribution in [3.8, 4) is 5.75 Å². The fraction of sp³-hybridized carbons (Fsp3) is 0.294. The van der Waals surface area contributed by atoms with Crippen molar-refractivity contribution >= 4 is 15.9 Å². The molecule has 0 aliphatic rings. The second-order valence-electron chi connectivity index (χ2n) is 4.87.